The van der Waals surface area contributed by atoms with Crippen molar-refractivity contribution in [1.29, 1.82) is 5.26 Å². The Morgan fingerprint density at radius 3 is 2.24 bits per heavy atom. The van der Waals surface area contributed by atoms with Crippen LogP contribution in [0, 0.1) is 17.2 Å². The second-order valence-corrected chi connectivity index (χ2v) is 7.89. The highest BCUT2D eigenvalue weighted by Gasteiger charge is 2.23. The molecule has 21 heavy (non-hydrogen) atoms. The van der Waals surface area contributed by atoms with Crippen molar-refractivity contribution < 1.29 is 0 Å². The van der Waals surface area contributed by atoms with Gasteiger partial charge in [-0.05, 0) is 87.1 Å². The number of unbranched alkanes of at least 4 members (excludes halogenated alkanes) is 2. The zero-order valence-corrected chi connectivity index (χ0v) is 15.8. The van der Waals surface area contributed by atoms with E-state index in [4.69, 9.17) is 5.26 Å². The molecule has 0 radical (unpaired) electrons. The molecule has 0 saturated heterocycles. The third kappa shape index (κ3) is 4.57. The summed E-state index contributed by atoms with van der Waals surface area (Å²) in [5.41, 5.74) is 2.08. The van der Waals surface area contributed by atoms with Gasteiger partial charge in [-0.3, -0.25) is 0 Å². The Labute approximate surface area is 145 Å². The Balaban J connectivity index is 1.95. The zero-order valence-electron chi connectivity index (χ0n) is 12.7. The average Bonchev–Trinajstić information content (AvgIpc) is 2.48. The Bertz CT molecular complexity index is 487. The molecule has 0 heterocycles. The lowest BCUT2D eigenvalue weighted by molar-refractivity contribution is 0.302. The van der Waals surface area contributed by atoms with Crippen LogP contribution >= 0.6 is 31.9 Å². The van der Waals surface area contributed by atoms with Crippen molar-refractivity contribution in [2.45, 2.75) is 64.2 Å². The molecule has 1 aromatic rings. The topological polar surface area (TPSA) is 23.8 Å². The molecule has 0 unspecified atom stereocenters. The predicted molar refractivity (Wildman–Crippen MR) is 95.4 cm³/mol. The molecule has 1 saturated carbocycles. The van der Waals surface area contributed by atoms with E-state index in [9.17, 15) is 0 Å². The number of benzene rings is 1. The minimum atomic E-state index is 0.660. The van der Waals surface area contributed by atoms with Gasteiger partial charge in [-0.25, -0.2) is 0 Å². The van der Waals surface area contributed by atoms with Crippen LogP contribution in [0.5, 0.6) is 0 Å². The van der Waals surface area contributed by atoms with Gasteiger partial charge in [-0.1, -0.05) is 32.6 Å². The minimum Gasteiger partial charge on any atom is -0.192 e. The first-order valence-electron chi connectivity index (χ1n) is 8.04. The summed E-state index contributed by atoms with van der Waals surface area (Å²) < 4.78 is 1.83. The van der Waals surface area contributed by atoms with Gasteiger partial charge >= 0.3 is 0 Å². The largest absolute Gasteiger partial charge is 0.192 e. The fourth-order valence-electron chi connectivity index (χ4n) is 3.40. The van der Waals surface area contributed by atoms with E-state index < -0.39 is 0 Å². The molecular formula is C18H23Br2N. The fourth-order valence-corrected chi connectivity index (χ4v) is 4.80. The zero-order chi connectivity index (χ0) is 15.2. The number of nitriles is 1. The third-order valence-electron chi connectivity index (χ3n) is 4.71. The summed E-state index contributed by atoms with van der Waals surface area (Å²) in [5.74, 6) is 1.60. The van der Waals surface area contributed by atoms with Crippen molar-refractivity contribution >= 4 is 31.9 Å². The number of hydrogen-bond donors (Lipinski definition) is 0. The first-order valence-corrected chi connectivity index (χ1v) is 9.63. The molecule has 0 N–H and O–H groups in total. The lowest BCUT2D eigenvalue weighted by Gasteiger charge is -2.29. The van der Waals surface area contributed by atoms with Crippen molar-refractivity contribution in [2.24, 2.45) is 5.92 Å². The molecule has 1 aliphatic rings. The monoisotopic (exact) mass is 411 g/mol. The van der Waals surface area contributed by atoms with Gasteiger partial charge in [0.05, 0.1) is 5.56 Å². The first kappa shape index (κ1) is 17.0. The molecule has 1 fully saturated rings. The summed E-state index contributed by atoms with van der Waals surface area (Å²) in [6.07, 6.45) is 10.8. The van der Waals surface area contributed by atoms with Crippen molar-refractivity contribution in [3.8, 4) is 6.07 Å². The van der Waals surface area contributed by atoms with Crippen LogP contribution in [0.1, 0.15) is 75.3 Å². The van der Waals surface area contributed by atoms with Crippen LogP contribution in [0.3, 0.4) is 0 Å². The van der Waals surface area contributed by atoms with E-state index in [-0.39, 0.29) is 0 Å². The van der Waals surface area contributed by atoms with Gasteiger partial charge in [0.2, 0.25) is 0 Å². The lowest BCUT2D eigenvalue weighted by Crippen LogP contribution is -2.13. The lowest BCUT2D eigenvalue weighted by atomic mass is 9.77. The molecule has 0 amide bonds. The second-order valence-electron chi connectivity index (χ2n) is 6.18. The van der Waals surface area contributed by atoms with Crippen LogP contribution in [-0.4, -0.2) is 0 Å². The standard InChI is InChI=1S/C18H23Br2N/c1-2-3-4-5-13-6-8-14(9-7-13)15-10-17(19)16(12-21)18(20)11-15/h10-11,13-14H,2-9H2,1H3/t13-,14-. The fraction of sp³-hybridized carbons (Fsp3) is 0.611. The van der Waals surface area contributed by atoms with Crippen molar-refractivity contribution in [3.05, 3.63) is 32.2 Å². The Hall–Kier alpha value is -0.330. The van der Waals surface area contributed by atoms with Crippen molar-refractivity contribution in [3.63, 3.8) is 0 Å². The summed E-state index contributed by atoms with van der Waals surface area (Å²) in [7, 11) is 0. The second kappa shape index (κ2) is 8.34. The molecule has 1 aromatic carbocycles. The van der Waals surface area contributed by atoms with Crippen LogP contribution in [0.15, 0.2) is 21.1 Å². The molecule has 2 rings (SSSR count). The summed E-state index contributed by atoms with van der Waals surface area (Å²) in [5, 5.41) is 9.13. The smallest absolute Gasteiger partial charge is 0.102 e. The highest BCUT2D eigenvalue weighted by Crippen LogP contribution is 2.40. The van der Waals surface area contributed by atoms with Crippen LogP contribution in [0.4, 0.5) is 0 Å². The van der Waals surface area contributed by atoms with Gasteiger partial charge in [0.25, 0.3) is 0 Å². The van der Waals surface area contributed by atoms with Crippen LogP contribution in [0.25, 0.3) is 0 Å². The molecule has 0 spiro atoms. The van der Waals surface area contributed by atoms with Gasteiger partial charge in [-0.2, -0.15) is 5.26 Å². The third-order valence-corrected chi connectivity index (χ3v) is 5.96. The SMILES string of the molecule is CCCCC[C@H]1CC[C@H](c2cc(Br)c(C#N)c(Br)c2)CC1. The van der Waals surface area contributed by atoms with Gasteiger partial charge in [0.1, 0.15) is 6.07 Å². The Morgan fingerprint density at radius 2 is 1.71 bits per heavy atom. The van der Waals surface area contributed by atoms with E-state index in [0.717, 1.165) is 14.9 Å². The van der Waals surface area contributed by atoms with E-state index in [2.05, 4.69) is 57.0 Å². The van der Waals surface area contributed by atoms with Gasteiger partial charge in [0.15, 0.2) is 0 Å². The van der Waals surface area contributed by atoms with E-state index in [1.165, 1.54) is 56.9 Å². The number of hydrogen-bond acceptors (Lipinski definition) is 1. The highest BCUT2D eigenvalue weighted by atomic mass is 79.9. The Kier molecular flexibility index (Phi) is 6.76. The predicted octanol–water partition coefficient (Wildman–Crippen LogP) is 6.94. The molecule has 0 bridgehead atoms. The molecule has 1 aliphatic carbocycles. The summed E-state index contributed by atoms with van der Waals surface area (Å²) >= 11 is 7.05. The van der Waals surface area contributed by atoms with E-state index >= 15 is 0 Å². The molecule has 0 aromatic heterocycles. The molecule has 114 valence electrons. The summed E-state index contributed by atoms with van der Waals surface area (Å²) in [6.45, 7) is 2.28. The van der Waals surface area contributed by atoms with E-state index in [1.54, 1.807) is 0 Å². The number of rotatable bonds is 5. The average molecular weight is 413 g/mol. The van der Waals surface area contributed by atoms with E-state index in [0.29, 0.717) is 11.5 Å². The van der Waals surface area contributed by atoms with Crippen LogP contribution in [-0.2, 0) is 0 Å². The van der Waals surface area contributed by atoms with Gasteiger partial charge in [-0.15, -0.1) is 0 Å². The molecule has 0 aliphatic heterocycles. The molecule has 1 nitrogen and oxygen atoms in total. The summed E-state index contributed by atoms with van der Waals surface area (Å²) in [6, 6.07) is 6.52. The molecule has 3 heteroatoms. The van der Waals surface area contributed by atoms with Gasteiger partial charge in [0, 0.05) is 8.95 Å². The minimum absolute atomic E-state index is 0.660. The normalized spacial score (nSPS) is 22.0. The van der Waals surface area contributed by atoms with Crippen molar-refractivity contribution in [1.82, 2.24) is 0 Å². The van der Waals surface area contributed by atoms with Crippen LogP contribution < -0.4 is 0 Å². The first-order chi connectivity index (χ1) is 10.2. The molecular weight excluding hydrogens is 390 g/mol. The van der Waals surface area contributed by atoms with Crippen molar-refractivity contribution in [2.75, 3.05) is 0 Å². The quantitative estimate of drug-likeness (QED) is 0.480. The maximum absolute atomic E-state index is 9.13. The van der Waals surface area contributed by atoms with E-state index in [1.807, 2.05) is 0 Å². The van der Waals surface area contributed by atoms with Crippen LogP contribution in [0.2, 0.25) is 0 Å². The van der Waals surface area contributed by atoms with Gasteiger partial charge < -0.3 is 0 Å². The number of halogens is 2. The maximum atomic E-state index is 9.13. The molecule has 0 atom stereocenters. The Morgan fingerprint density at radius 1 is 1.10 bits per heavy atom. The number of nitrogens with zero attached hydrogens (tertiary/aromatic N) is 1. The maximum Gasteiger partial charge on any atom is 0.102 e. The highest BCUT2D eigenvalue weighted by molar-refractivity contribution is 9.11. The summed E-state index contributed by atoms with van der Waals surface area (Å²) in [4.78, 5) is 0.